The fraction of sp³-hybridized carbons (Fsp3) is 0.625. The average Bonchev–Trinajstić information content (AvgIpc) is 2.57. The summed E-state index contributed by atoms with van der Waals surface area (Å²) in [6.45, 7) is 0.100. The van der Waals surface area contributed by atoms with Gasteiger partial charge in [0.2, 0.25) is 11.8 Å². The van der Waals surface area contributed by atoms with Crippen LogP contribution in [-0.4, -0.2) is 117 Å². The lowest BCUT2D eigenvalue weighted by atomic mass is 10.3. The molecule has 170 valence electrons. The first kappa shape index (κ1) is 26.7. The first-order chi connectivity index (χ1) is 13.8. The molecule has 0 heterocycles. The summed E-state index contributed by atoms with van der Waals surface area (Å²) in [6.07, 6.45) is 0. The molecule has 0 aliphatic heterocycles. The van der Waals surface area contributed by atoms with E-state index in [0.29, 0.717) is 0 Å². The van der Waals surface area contributed by atoms with Crippen LogP contribution >= 0.6 is 0 Å². The van der Waals surface area contributed by atoms with Crippen LogP contribution in [0.3, 0.4) is 0 Å². The molecule has 2 atom stereocenters. The number of carboxylic acid groups (broad SMARTS) is 4. The van der Waals surface area contributed by atoms with Crippen LogP contribution < -0.4 is 10.6 Å². The maximum Gasteiger partial charge on any atom is 0.325 e. The number of carbonyl (C=O) groups is 6. The summed E-state index contributed by atoms with van der Waals surface area (Å²) < 4.78 is 0. The Balaban J connectivity index is 4.98. The van der Waals surface area contributed by atoms with Crippen molar-refractivity contribution < 1.29 is 49.2 Å². The van der Waals surface area contributed by atoms with Gasteiger partial charge in [0.15, 0.2) is 0 Å². The molecule has 0 fully saturated rings. The summed E-state index contributed by atoms with van der Waals surface area (Å²) in [5.41, 5.74) is 0. The average molecular weight is 434 g/mol. The van der Waals surface area contributed by atoms with Crippen molar-refractivity contribution in [3.8, 4) is 0 Å². The number of rotatable bonds is 15. The maximum absolute atomic E-state index is 11.9. The molecular formula is C16H26N4O10. The zero-order chi connectivity index (χ0) is 23.4. The van der Waals surface area contributed by atoms with E-state index in [9.17, 15) is 28.8 Å². The Morgan fingerprint density at radius 2 is 0.933 bits per heavy atom. The molecule has 0 spiro atoms. The minimum atomic E-state index is -1.28. The third-order valence-electron chi connectivity index (χ3n) is 3.68. The molecule has 0 aliphatic rings. The maximum atomic E-state index is 11.9. The van der Waals surface area contributed by atoms with Gasteiger partial charge in [-0.05, 0) is 13.8 Å². The summed E-state index contributed by atoms with van der Waals surface area (Å²) in [5, 5.41) is 39.9. The van der Waals surface area contributed by atoms with Gasteiger partial charge in [-0.15, -0.1) is 0 Å². The fourth-order valence-corrected chi connectivity index (χ4v) is 2.20. The van der Waals surface area contributed by atoms with Crippen molar-refractivity contribution in [2.75, 3.05) is 39.3 Å². The van der Waals surface area contributed by atoms with E-state index in [0.717, 1.165) is 9.80 Å². The van der Waals surface area contributed by atoms with Gasteiger partial charge in [-0.3, -0.25) is 38.6 Å². The van der Waals surface area contributed by atoms with Crippen molar-refractivity contribution in [1.82, 2.24) is 20.4 Å². The summed E-state index contributed by atoms with van der Waals surface area (Å²) >= 11 is 0. The quantitative estimate of drug-likeness (QED) is 0.151. The second-order valence-corrected chi connectivity index (χ2v) is 6.46. The van der Waals surface area contributed by atoms with Crippen LogP contribution in [0.5, 0.6) is 0 Å². The molecule has 0 saturated carbocycles. The molecule has 0 radical (unpaired) electrons. The van der Waals surface area contributed by atoms with Gasteiger partial charge in [0.25, 0.3) is 0 Å². The second kappa shape index (κ2) is 13.1. The summed E-state index contributed by atoms with van der Waals surface area (Å²) in [7, 11) is 0. The Kier molecular flexibility index (Phi) is 11.6. The van der Waals surface area contributed by atoms with Crippen LogP contribution in [-0.2, 0) is 28.8 Å². The predicted molar refractivity (Wildman–Crippen MR) is 98.6 cm³/mol. The third kappa shape index (κ3) is 12.2. The van der Waals surface area contributed by atoms with Gasteiger partial charge in [-0.2, -0.15) is 0 Å². The minimum Gasteiger partial charge on any atom is -0.480 e. The molecule has 14 nitrogen and oxygen atoms in total. The molecule has 30 heavy (non-hydrogen) atoms. The molecule has 0 aromatic heterocycles. The fourth-order valence-electron chi connectivity index (χ4n) is 2.20. The van der Waals surface area contributed by atoms with Gasteiger partial charge in [0, 0.05) is 13.1 Å². The number of carboxylic acids is 4. The van der Waals surface area contributed by atoms with E-state index >= 15 is 0 Å². The summed E-state index contributed by atoms with van der Waals surface area (Å²) in [4.78, 5) is 69.7. The van der Waals surface area contributed by atoms with E-state index in [4.69, 9.17) is 20.4 Å². The van der Waals surface area contributed by atoms with E-state index in [2.05, 4.69) is 10.6 Å². The Labute approximate surface area is 171 Å². The number of amides is 2. The monoisotopic (exact) mass is 434 g/mol. The van der Waals surface area contributed by atoms with E-state index in [1.165, 1.54) is 13.8 Å². The second-order valence-electron chi connectivity index (χ2n) is 6.46. The highest BCUT2D eigenvalue weighted by atomic mass is 16.4. The zero-order valence-corrected chi connectivity index (χ0v) is 16.5. The molecule has 0 unspecified atom stereocenters. The van der Waals surface area contributed by atoms with Gasteiger partial charge in [0.05, 0.1) is 26.2 Å². The van der Waals surface area contributed by atoms with Crippen molar-refractivity contribution in [2.45, 2.75) is 25.9 Å². The van der Waals surface area contributed by atoms with Crippen LogP contribution in [0.15, 0.2) is 0 Å². The van der Waals surface area contributed by atoms with E-state index < -0.39 is 74.0 Å². The van der Waals surface area contributed by atoms with Gasteiger partial charge >= 0.3 is 23.9 Å². The highest BCUT2D eigenvalue weighted by Crippen LogP contribution is 1.96. The first-order valence-corrected chi connectivity index (χ1v) is 8.74. The zero-order valence-electron chi connectivity index (χ0n) is 16.5. The van der Waals surface area contributed by atoms with E-state index in [-0.39, 0.29) is 13.1 Å². The summed E-state index contributed by atoms with van der Waals surface area (Å²) in [5.74, 6) is -6.59. The highest BCUT2D eigenvalue weighted by molar-refractivity contribution is 5.85. The molecule has 0 bridgehead atoms. The Bertz CT molecular complexity index is 612. The van der Waals surface area contributed by atoms with Gasteiger partial charge in [0.1, 0.15) is 12.1 Å². The molecule has 14 heteroatoms. The van der Waals surface area contributed by atoms with E-state index in [1.54, 1.807) is 0 Å². The Hall–Kier alpha value is -3.26. The molecular weight excluding hydrogens is 408 g/mol. The molecule has 0 aromatic rings. The lowest BCUT2D eigenvalue weighted by molar-refractivity contribution is -0.143. The molecule has 6 N–H and O–H groups in total. The van der Waals surface area contributed by atoms with Crippen LogP contribution in [0.1, 0.15) is 13.8 Å². The van der Waals surface area contributed by atoms with Crippen LogP contribution in [0, 0.1) is 0 Å². The standard InChI is InChI=1S/C16H26N4O10/c1-9(15(27)28)17-11(21)5-19(7-13(23)24)3-4-20(8-14(25)26)6-12(22)18-10(2)16(29)30/h9-10H,3-8H2,1-2H3,(H,17,21)(H,18,22)(H,23,24)(H,25,26)(H,27,28)(H,29,30)/t9-,10-/m0/s1. The molecule has 0 aliphatic carbocycles. The number of hydrogen-bond acceptors (Lipinski definition) is 8. The van der Waals surface area contributed by atoms with E-state index in [1.807, 2.05) is 0 Å². The number of carbonyl (C=O) groups excluding carboxylic acids is 2. The lowest BCUT2D eigenvalue weighted by Gasteiger charge is -2.25. The summed E-state index contributed by atoms with van der Waals surface area (Å²) in [6, 6.07) is -2.37. The Morgan fingerprint density at radius 1 is 0.633 bits per heavy atom. The highest BCUT2D eigenvalue weighted by Gasteiger charge is 2.22. The van der Waals surface area contributed by atoms with Crippen molar-refractivity contribution in [3.63, 3.8) is 0 Å². The molecule has 0 rings (SSSR count). The normalized spacial score (nSPS) is 12.8. The van der Waals surface area contributed by atoms with Crippen molar-refractivity contribution in [1.29, 1.82) is 0 Å². The SMILES string of the molecule is C[C@H](NC(=O)CN(CCN(CC(=O)O)CC(=O)N[C@@H](C)C(=O)O)CC(=O)O)C(=O)O. The first-order valence-electron chi connectivity index (χ1n) is 8.74. The Morgan fingerprint density at radius 3 is 1.17 bits per heavy atom. The van der Waals surface area contributed by atoms with Crippen molar-refractivity contribution >= 4 is 35.7 Å². The van der Waals surface area contributed by atoms with Gasteiger partial charge in [-0.1, -0.05) is 0 Å². The molecule has 0 aromatic carbocycles. The number of aliphatic carboxylic acids is 4. The third-order valence-corrected chi connectivity index (χ3v) is 3.68. The number of nitrogens with zero attached hydrogens (tertiary/aromatic N) is 2. The number of nitrogens with one attached hydrogen (secondary N) is 2. The number of hydrogen-bond donors (Lipinski definition) is 6. The van der Waals surface area contributed by atoms with Gasteiger partial charge in [-0.25, -0.2) is 0 Å². The van der Waals surface area contributed by atoms with Crippen molar-refractivity contribution in [2.24, 2.45) is 0 Å². The van der Waals surface area contributed by atoms with Crippen LogP contribution in [0.4, 0.5) is 0 Å². The molecule has 2 amide bonds. The van der Waals surface area contributed by atoms with Crippen LogP contribution in [0.2, 0.25) is 0 Å². The predicted octanol–water partition coefficient (Wildman–Crippen LogP) is -3.06. The smallest absolute Gasteiger partial charge is 0.325 e. The lowest BCUT2D eigenvalue weighted by Crippen LogP contribution is -2.49. The van der Waals surface area contributed by atoms with Crippen LogP contribution in [0.25, 0.3) is 0 Å². The topological polar surface area (TPSA) is 214 Å². The van der Waals surface area contributed by atoms with Crippen molar-refractivity contribution in [3.05, 3.63) is 0 Å². The van der Waals surface area contributed by atoms with Gasteiger partial charge < -0.3 is 31.1 Å². The minimum absolute atomic E-state index is 0.129. The largest absolute Gasteiger partial charge is 0.480 e. The molecule has 0 saturated heterocycles.